The second-order valence-electron chi connectivity index (χ2n) is 3.29. The van der Waals surface area contributed by atoms with E-state index >= 15 is 0 Å². The molecule has 3 atom stereocenters. The summed E-state index contributed by atoms with van der Waals surface area (Å²) < 4.78 is 102. The first-order chi connectivity index (χ1) is 8.25. The van der Waals surface area contributed by atoms with Gasteiger partial charge in [0.25, 0.3) is 4.58 Å². The summed E-state index contributed by atoms with van der Waals surface area (Å²) in [4.78, 5) is 0. The van der Waals surface area contributed by atoms with Crippen molar-refractivity contribution in [1.29, 1.82) is 0 Å². The maximum Gasteiger partial charge on any atom is 0.371 e. The van der Waals surface area contributed by atoms with Crippen LogP contribution in [-0.4, -0.2) is 30.4 Å². The van der Waals surface area contributed by atoms with E-state index in [9.17, 15) is 39.5 Å². The highest BCUT2D eigenvalue weighted by Crippen LogP contribution is 2.64. The van der Waals surface area contributed by atoms with Crippen molar-refractivity contribution in [3.63, 3.8) is 0 Å². The third-order valence-corrected chi connectivity index (χ3v) is 5.11. The summed E-state index contributed by atoms with van der Waals surface area (Å²) in [5, 5.41) is -5.53. The number of rotatable bonds is 5. The summed E-state index contributed by atoms with van der Waals surface area (Å²) in [6.07, 6.45) is 0. The number of halogens is 14. The summed E-state index contributed by atoms with van der Waals surface area (Å²) in [6, 6.07) is 0. The van der Waals surface area contributed by atoms with E-state index in [1.165, 1.54) is 15.9 Å². The van der Waals surface area contributed by atoms with Crippen molar-refractivity contribution in [3.8, 4) is 0 Å². The van der Waals surface area contributed by atoms with Gasteiger partial charge in [-0.15, -0.1) is 0 Å². The normalized spacial score (nSPS) is 23.7. The quantitative estimate of drug-likeness (QED) is 0.271. The molecule has 0 saturated heterocycles. The Labute approximate surface area is 140 Å². The van der Waals surface area contributed by atoms with Crippen LogP contribution in [0.15, 0.2) is 0 Å². The summed E-state index contributed by atoms with van der Waals surface area (Å²) in [7, 11) is 0. The maximum absolute atomic E-state index is 13.6. The molecule has 0 aromatic rings. The second-order valence-corrected chi connectivity index (χ2v) is 8.02. The van der Waals surface area contributed by atoms with E-state index in [-0.39, 0.29) is 0 Å². The number of hydrogen-bond acceptors (Lipinski definition) is 0. The van der Waals surface area contributed by atoms with Gasteiger partial charge >= 0.3 is 25.8 Å². The fourth-order valence-corrected chi connectivity index (χ4v) is 2.74. The van der Waals surface area contributed by atoms with Crippen LogP contribution in [0.5, 0.6) is 0 Å². The van der Waals surface area contributed by atoms with Crippen LogP contribution in [0.4, 0.5) is 39.5 Å². The zero-order chi connectivity index (χ0) is 17.0. The Hall–Kier alpha value is 1.39. The zero-order valence-electron chi connectivity index (χ0n) is 8.29. The average Bonchev–Trinajstić information content (AvgIpc) is 2.12. The molecule has 0 radical (unpaired) electrons. The van der Waals surface area contributed by atoms with Gasteiger partial charge in [0, 0.05) is 0 Å². The van der Waals surface area contributed by atoms with Crippen molar-refractivity contribution in [2.24, 2.45) is 0 Å². The molecule has 0 aromatic heterocycles. The lowest BCUT2D eigenvalue weighted by Crippen LogP contribution is -2.67. The van der Waals surface area contributed by atoms with E-state index in [1.54, 1.807) is 0 Å². The minimum Gasteiger partial charge on any atom is -0.217 e. The van der Waals surface area contributed by atoms with E-state index in [2.05, 4.69) is 23.2 Å². The Bertz CT molecular complexity index is 337. The Morgan fingerprint density at radius 2 is 0.850 bits per heavy atom. The van der Waals surface area contributed by atoms with Crippen LogP contribution in [0.25, 0.3) is 0 Å². The minimum absolute atomic E-state index is 1.01. The minimum atomic E-state index is -6.27. The highest BCUT2D eigenvalue weighted by Gasteiger charge is 2.85. The highest BCUT2D eigenvalue weighted by molar-refractivity contribution is 9.11. The van der Waals surface area contributed by atoms with Crippen molar-refractivity contribution in [2.75, 3.05) is 0 Å². The molecule has 0 N–H and O–H groups in total. The van der Waals surface area contributed by atoms with E-state index in [0.717, 1.165) is 31.9 Å². The van der Waals surface area contributed by atoms with Gasteiger partial charge in [0.05, 0.1) is 0 Å². The van der Waals surface area contributed by atoms with E-state index < -0.39 is 30.4 Å². The van der Waals surface area contributed by atoms with Gasteiger partial charge < -0.3 is 0 Å². The topological polar surface area (TPSA) is 0 Å². The molecular formula is C6Br3Cl2F9. The number of hydrogen-bond donors (Lipinski definition) is 0. The molecular weight excluding hydrogens is 554 g/mol. The molecule has 0 bridgehead atoms. The van der Waals surface area contributed by atoms with Crippen LogP contribution in [0.2, 0.25) is 0 Å². The Morgan fingerprint density at radius 1 is 0.550 bits per heavy atom. The van der Waals surface area contributed by atoms with Gasteiger partial charge in [0.2, 0.25) is 0 Å². The number of alkyl halides is 14. The van der Waals surface area contributed by atoms with Crippen molar-refractivity contribution < 1.29 is 39.5 Å². The standard InChI is InChI=1S/C6Br3Cl2F9/c7-1(12,4(16,17)5(9,10)18)3(14,15)2(8,13)6(11,19)20/t1-,2-,5-/m0/s1. The molecule has 0 aliphatic heterocycles. The van der Waals surface area contributed by atoms with Gasteiger partial charge in [-0.05, 0) is 59.4 Å². The summed E-state index contributed by atoms with van der Waals surface area (Å²) in [6.45, 7) is 0. The summed E-state index contributed by atoms with van der Waals surface area (Å²) in [5.74, 6) is -12.2. The molecule has 14 heteroatoms. The zero-order valence-corrected chi connectivity index (χ0v) is 14.6. The van der Waals surface area contributed by atoms with Gasteiger partial charge in [0.15, 0.2) is 0 Å². The van der Waals surface area contributed by atoms with E-state index in [4.69, 9.17) is 0 Å². The SMILES string of the molecule is FC(F)(Cl)[C@](F)(Br)C(F)(F)[C@@](F)(Br)C(F)(F)[C@@](F)(Cl)Br. The average molecular weight is 554 g/mol. The van der Waals surface area contributed by atoms with Crippen LogP contribution in [0.1, 0.15) is 0 Å². The van der Waals surface area contributed by atoms with Crippen LogP contribution >= 0.6 is 71.0 Å². The van der Waals surface area contributed by atoms with Gasteiger partial charge in [-0.1, -0.05) is 11.6 Å². The molecule has 0 aromatic carbocycles. The van der Waals surface area contributed by atoms with Crippen LogP contribution in [0, 0.1) is 0 Å². The molecule has 0 spiro atoms. The maximum atomic E-state index is 13.6. The monoisotopic (exact) mass is 550 g/mol. The Morgan fingerprint density at radius 3 is 1.05 bits per heavy atom. The van der Waals surface area contributed by atoms with Crippen LogP contribution in [-0.2, 0) is 0 Å². The molecule has 0 aliphatic rings. The Balaban J connectivity index is 6.08. The largest absolute Gasteiger partial charge is 0.371 e. The van der Waals surface area contributed by atoms with Crippen molar-refractivity contribution in [3.05, 3.63) is 0 Å². The molecule has 0 saturated carbocycles. The molecule has 0 unspecified atom stereocenters. The smallest absolute Gasteiger partial charge is 0.217 e. The lowest BCUT2D eigenvalue weighted by Gasteiger charge is -2.42. The first-order valence-electron chi connectivity index (χ1n) is 3.90. The predicted molar refractivity (Wildman–Crippen MR) is 64.8 cm³/mol. The fourth-order valence-electron chi connectivity index (χ4n) is 0.750. The summed E-state index contributed by atoms with van der Waals surface area (Å²) >= 11 is 11.7. The fraction of sp³-hybridized carbons (Fsp3) is 1.00. The molecule has 0 rings (SSSR count). The molecule has 0 heterocycles. The lowest BCUT2D eigenvalue weighted by atomic mass is 10.0. The Kier molecular flexibility index (Phi) is 5.86. The third kappa shape index (κ3) is 3.05. The second kappa shape index (κ2) is 5.48. The van der Waals surface area contributed by atoms with E-state index in [1.807, 2.05) is 0 Å². The van der Waals surface area contributed by atoms with Crippen LogP contribution in [0.3, 0.4) is 0 Å². The van der Waals surface area contributed by atoms with Gasteiger partial charge in [0.1, 0.15) is 0 Å². The molecule has 20 heavy (non-hydrogen) atoms. The first-order valence-corrected chi connectivity index (χ1v) is 7.03. The molecule has 0 amide bonds. The molecule has 0 fully saturated rings. The van der Waals surface area contributed by atoms with Gasteiger partial charge in [-0.2, -0.15) is 26.3 Å². The van der Waals surface area contributed by atoms with Gasteiger partial charge in [-0.3, -0.25) is 0 Å². The third-order valence-electron chi connectivity index (χ3n) is 1.90. The lowest BCUT2D eigenvalue weighted by molar-refractivity contribution is -0.263. The molecule has 0 nitrogen and oxygen atoms in total. The van der Waals surface area contributed by atoms with Crippen molar-refractivity contribution in [2.45, 2.75) is 30.4 Å². The molecule has 122 valence electrons. The van der Waals surface area contributed by atoms with Gasteiger partial charge in [-0.25, -0.2) is 13.2 Å². The highest BCUT2D eigenvalue weighted by atomic mass is 79.9. The van der Waals surface area contributed by atoms with Crippen molar-refractivity contribution >= 4 is 71.0 Å². The predicted octanol–water partition coefficient (Wildman–Crippen LogP) is 6.47. The van der Waals surface area contributed by atoms with Crippen LogP contribution < -0.4 is 0 Å². The summed E-state index contributed by atoms with van der Waals surface area (Å²) in [5.41, 5.74) is 0. The van der Waals surface area contributed by atoms with E-state index in [0.29, 0.717) is 0 Å². The molecule has 0 aliphatic carbocycles. The van der Waals surface area contributed by atoms with Crippen molar-refractivity contribution in [1.82, 2.24) is 0 Å². The first kappa shape index (κ1) is 21.4.